The Morgan fingerprint density at radius 1 is 1.19 bits per heavy atom. The van der Waals surface area contributed by atoms with Gasteiger partial charge in [0.1, 0.15) is 0 Å². The van der Waals surface area contributed by atoms with Crippen LogP contribution in [0, 0.1) is 0 Å². The van der Waals surface area contributed by atoms with Gasteiger partial charge in [-0.2, -0.15) is 0 Å². The number of nitrogens with zero attached hydrogens (tertiary/aromatic N) is 1. The summed E-state index contributed by atoms with van der Waals surface area (Å²) in [6.07, 6.45) is 2.28. The molecule has 1 rings (SSSR count). The second-order valence-electron chi connectivity index (χ2n) is 4.50. The van der Waals surface area contributed by atoms with E-state index < -0.39 is 0 Å². The van der Waals surface area contributed by atoms with E-state index in [-0.39, 0.29) is 0 Å². The lowest BCUT2D eigenvalue weighted by atomic mass is 10.2. The van der Waals surface area contributed by atoms with Gasteiger partial charge in [0.15, 0.2) is 17.5 Å². The zero-order valence-corrected chi connectivity index (χ0v) is 14.7. The topological polar surface area (TPSA) is 54.9 Å². The average Bonchev–Trinajstić information content (AvgIpc) is 2.51. The molecule has 0 unspecified atom stereocenters. The van der Waals surface area contributed by atoms with Gasteiger partial charge in [-0.15, -0.1) is 0 Å². The van der Waals surface area contributed by atoms with E-state index in [1.54, 1.807) is 21.3 Å². The summed E-state index contributed by atoms with van der Waals surface area (Å²) in [5.41, 5.74) is 1.08. The van der Waals surface area contributed by atoms with Crippen LogP contribution < -0.4 is 20.1 Å². The van der Waals surface area contributed by atoms with E-state index in [9.17, 15) is 0 Å². The van der Waals surface area contributed by atoms with Crippen molar-refractivity contribution in [3.8, 4) is 11.5 Å². The predicted octanol–water partition coefficient (Wildman–Crippen LogP) is 2.93. The molecule has 1 aromatic carbocycles. The number of unbranched alkanes of at least 4 members (excludes halogenated alkanes) is 1. The summed E-state index contributed by atoms with van der Waals surface area (Å²) in [6.45, 7) is 3.73. The van der Waals surface area contributed by atoms with E-state index in [0.29, 0.717) is 18.0 Å². The predicted molar refractivity (Wildman–Crippen MR) is 90.4 cm³/mol. The van der Waals surface area contributed by atoms with E-state index in [0.717, 1.165) is 35.4 Å². The summed E-state index contributed by atoms with van der Waals surface area (Å²) in [5, 5.41) is 6.57. The van der Waals surface area contributed by atoms with Crippen LogP contribution in [-0.2, 0) is 6.54 Å². The van der Waals surface area contributed by atoms with Crippen molar-refractivity contribution in [2.75, 3.05) is 27.8 Å². The molecule has 0 aliphatic rings. The molecule has 5 nitrogen and oxygen atoms in total. The van der Waals surface area contributed by atoms with Gasteiger partial charge < -0.3 is 20.1 Å². The molecule has 0 aliphatic heterocycles. The Balaban J connectivity index is 2.69. The second kappa shape index (κ2) is 9.50. The molecule has 0 saturated carbocycles. The Hall–Kier alpha value is -1.43. The number of nitrogens with one attached hydrogen (secondary N) is 2. The summed E-state index contributed by atoms with van der Waals surface area (Å²) in [5.74, 6) is 2.22. The van der Waals surface area contributed by atoms with Crippen LogP contribution in [0.4, 0.5) is 0 Å². The van der Waals surface area contributed by atoms with Crippen molar-refractivity contribution in [2.45, 2.75) is 26.3 Å². The minimum absolute atomic E-state index is 0.646. The highest BCUT2D eigenvalue weighted by Gasteiger charge is 2.10. The number of hydrogen-bond donors (Lipinski definition) is 2. The van der Waals surface area contributed by atoms with Crippen molar-refractivity contribution in [2.24, 2.45) is 4.99 Å². The summed E-state index contributed by atoms with van der Waals surface area (Å²) >= 11 is 3.55. The monoisotopic (exact) mass is 357 g/mol. The number of aliphatic imine (C=N–C) groups is 1. The molecular formula is C15H24BrN3O2. The Bertz CT molecular complexity index is 478. The zero-order chi connectivity index (χ0) is 15.7. The zero-order valence-electron chi connectivity index (χ0n) is 13.1. The molecule has 6 heteroatoms. The number of hydrogen-bond acceptors (Lipinski definition) is 3. The SMILES string of the molecule is CCCCNC(=NC)NCc1cc(OC)c(OC)cc1Br. The smallest absolute Gasteiger partial charge is 0.191 e. The summed E-state index contributed by atoms with van der Waals surface area (Å²) in [4.78, 5) is 4.20. The highest BCUT2D eigenvalue weighted by atomic mass is 79.9. The molecular weight excluding hydrogens is 334 g/mol. The molecule has 0 amide bonds. The van der Waals surface area contributed by atoms with Gasteiger partial charge in [0.2, 0.25) is 0 Å². The van der Waals surface area contributed by atoms with Crippen LogP contribution in [-0.4, -0.2) is 33.8 Å². The molecule has 0 aliphatic carbocycles. The Morgan fingerprint density at radius 3 is 2.43 bits per heavy atom. The lowest BCUT2D eigenvalue weighted by Gasteiger charge is -2.14. The van der Waals surface area contributed by atoms with Crippen LogP contribution in [0.25, 0.3) is 0 Å². The first-order valence-corrected chi connectivity index (χ1v) is 7.80. The first kappa shape index (κ1) is 17.6. The van der Waals surface area contributed by atoms with Crippen LogP contribution >= 0.6 is 15.9 Å². The van der Waals surface area contributed by atoms with Crippen molar-refractivity contribution in [3.05, 3.63) is 22.2 Å². The second-order valence-corrected chi connectivity index (χ2v) is 5.36. The number of methoxy groups -OCH3 is 2. The first-order valence-electron chi connectivity index (χ1n) is 7.01. The molecule has 0 aromatic heterocycles. The van der Waals surface area contributed by atoms with Gasteiger partial charge in [0, 0.05) is 24.6 Å². The van der Waals surface area contributed by atoms with Gasteiger partial charge in [-0.1, -0.05) is 29.3 Å². The van der Waals surface area contributed by atoms with Crippen LogP contribution in [0.5, 0.6) is 11.5 Å². The number of benzene rings is 1. The quantitative estimate of drug-likeness (QED) is 0.447. The van der Waals surface area contributed by atoms with E-state index in [1.807, 2.05) is 12.1 Å². The van der Waals surface area contributed by atoms with E-state index in [2.05, 4.69) is 38.5 Å². The molecule has 1 aromatic rings. The van der Waals surface area contributed by atoms with Crippen molar-refractivity contribution >= 4 is 21.9 Å². The van der Waals surface area contributed by atoms with Crippen molar-refractivity contribution in [1.82, 2.24) is 10.6 Å². The average molecular weight is 358 g/mol. The van der Waals surface area contributed by atoms with Gasteiger partial charge in [-0.3, -0.25) is 4.99 Å². The van der Waals surface area contributed by atoms with Crippen LogP contribution in [0.2, 0.25) is 0 Å². The molecule has 0 radical (unpaired) electrons. The number of rotatable bonds is 7. The normalized spacial score (nSPS) is 11.2. The molecule has 0 heterocycles. The van der Waals surface area contributed by atoms with E-state index >= 15 is 0 Å². The molecule has 2 N–H and O–H groups in total. The molecule has 118 valence electrons. The maximum Gasteiger partial charge on any atom is 0.191 e. The van der Waals surface area contributed by atoms with Crippen LogP contribution in [0.1, 0.15) is 25.3 Å². The van der Waals surface area contributed by atoms with Crippen molar-refractivity contribution in [1.29, 1.82) is 0 Å². The molecule has 0 spiro atoms. The molecule has 0 fully saturated rings. The number of ether oxygens (including phenoxy) is 2. The highest BCUT2D eigenvalue weighted by Crippen LogP contribution is 2.33. The van der Waals surface area contributed by atoms with Crippen molar-refractivity contribution in [3.63, 3.8) is 0 Å². The Morgan fingerprint density at radius 2 is 1.86 bits per heavy atom. The number of halogens is 1. The van der Waals surface area contributed by atoms with E-state index in [1.165, 1.54) is 0 Å². The number of guanidine groups is 1. The summed E-state index contributed by atoms with van der Waals surface area (Å²) in [6, 6.07) is 3.86. The van der Waals surface area contributed by atoms with Gasteiger partial charge in [-0.25, -0.2) is 0 Å². The van der Waals surface area contributed by atoms with Crippen LogP contribution in [0.3, 0.4) is 0 Å². The maximum absolute atomic E-state index is 5.32. The third-order valence-electron chi connectivity index (χ3n) is 3.05. The third kappa shape index (κ3) is 5.46. The van der Waals surface area contributed by atoms with Gasteiger partial charge in [0.05, 0.1) is 14.2 Å². The summed E-state index contributed by atoms with van der Waals surface area (Å²) in [7, 11) is 5.03. The minimum Gasteiger partial charge on any atom is -0.493 e. The fraction of sp³-hybridized carbons (Fsp3) is 0.533. The fourth-order valence-electron chi connectivity index (χ4n) is 1.81. The minimum atomic E-state index is 0.646. The maximum atomic E-state index is 5.32. The third-order valence-corrected chi connectivity index (χ3v) is 3.78. The molecule has 0 bridgehead atoms. The molecule has 21 heavy (non-hydrogen) atoms. The van der Waals surface area contributed by atoms with E-state index in [4.69, 9.17) is 9.47 Å². The highest BCUT2D eigenvalue weighted by molar-refractivity contribution is 9.10. The van der Waals surface area contributed by atoms with Gasteiger partial charge >= 0.3 is 0 Å². The largest absolute Gasteiger partial charge is 0.493 e. The Kier molecular flexibility index (Phi) is 7.97. The standard InChI is InChI=1S/C15H24BrN3O2/c1-5-6-7-18-15(17-2)19-10-11-8-13(20-3)14(21-4)9-12(11)16/h8-9H,5-7,10H2,1-4H3,(H2,17,18,19). The molecule has 0 atom stereocenters. The lowest BCUT2D eigenvalue weighted by Crippen LogP contribution is -2.37. The van der Waals surface area contributed by atoms with Crippen molar-refractivity contribution < 1.29 is 9.47 Å². The van der Waals surface area contributed by atoms with Gasteiger partial charge in [0.25, 0.3) is 0 Å². The molecule has 0 saturated heterocycles. The first-order chi connectivity index (χ1) is 10.2. The van der Waals surface area contributed by atoms with Gasteiger partial charge in [-0.05, 0) is 24.1 Å². The lowest BCUT2D eigenvalue weighted by molar-refractivity contribution is 0.354. The van der Waals surface area contributed by atoms with Crippen LogP contribution in [0.15, 0.2) is 21.6 Å². The Labute approximate surface area is 135 Å². The fourth-order valence-corrected chi connectivity index (χ4v) is 2.28. The summed E-state index contributed by atoms with van der Waals surface area (Å²) < 4.78 is 11.6.